The van der Waals surface area contributed by atoms with Gasteiger partial charge in [-0.15, -0.1) is 23.7 Å². The highest BCUT2D eigenvalue weighted by Crippen LogP contribution is 2.33. The van der Waals surface area contributed by atoms with E-state index in [1.165, 1.54) is 22.5 Å². The zero-order valence-corrected chi connectivity index (χ0v) is 17.2. The van der Waals surface area contributed by atoms with E-state index in [2.05, 4.69) is 30.9 Å². The van der Waals surface area contributed by atoms with Crippen molar-refractivity contribution in [1.82, 2.24) is 9.88 Å². The molecule has 0 radical (unpaired) electrons. The number of fused-ring (bicyclic) bond motifs is 1. The highest BCUT2D eigenvalue weighted by molar-refractivity contribution is 7.22. The van der Waals surface area contributed by atoms with Gasteiger partial charge in [0.2, 0.25) is 0 Å². The van der Waals surface area contributed by atoms with Crippen LogP contribution in [-0.4, -0.2) is 43.0 Å². The third-order valence-corrected chi connectivity index (χ3v) is 5.87. The number of nitrogens with zero attached hydrogens (tertiary/aromatic N) is 3. The van der Waals surface area contributed by atoms with Crippen molar-refractivity contribution in [2.24, 2.45) is 0 Å². The zero-order chi connectivity index (χ0) is 17.3. The van der Waals surface area contributed by atoms with Crippen molar-refractivity contribution in [1.29, 1.82) is 0 Å². The maximum absolute atomic E-state index is 12.9. The normalized spacial score (nSPS) is 10.9. The number of thiophene rings is 1. The van der Waals surface area contributed by atoms with Gasteiger partial charge in [-0.1, -0.05) is 23.5 Å². The first-order valence-corrected chi connectivity index (χ1v) is 9.53. The number of likely N-dealkylation sites (N-methyl/N-ethyl adjacent to an activating group) is 1. The average molecular weight is 396 g/mol. The molecule has 1 aromatic carbocycles. The van der Waals surface area contributed by atoms with Crippen molar-refractivity contribution in [2.45, 2.75) is 13.8 Å². The van der Waals surface area contributed by atoms with E-state index in [0.717, 1.165) is 26.8 Å². The van der Waals surface area contributed by atoms with Gasteiger partial charge in [-0.3, -0.25) is 9.69 Å². The summed E-state index contributed by atoms with van der Waals surface area (Å²) >= 11 is 3.07. The van der Waals surface area contributed by atoms with Crippen LogP contribution >= 0.6 is 35.1 Å². The molecule has 3 aromatic rings. The predicted octanol–water partition coefficient (Wildman–Crippen LogP) is 4.60. The van der Waals surface area contributed by atoms with Crippen molar-refractivity contribution >= 4 is 56.3 Å². The maximum atomic E-state index is 12.9. The molecule has 0 aliphatic carbocycles. The number of hydrogen-bond donors (Lipinski definition) is 0. The van der Waals surface area contributed by atoms with E-state index in [1.807, 2.05) is 36.5 Å². The van der Waals surface area contributed by atoms with Gasteiger partial charge in [0.1, 0.15) is 0 Å². The molecule has 0 spiro atoms. The summed E-state index contributed by atoms with van der Waals surface area (Å²) in [5.74, 6) is 0.0280. The second-order valence-electron chi connectivity index (χ2n) is 6.16. The van der Waals surface area contributed by atoms with Crippen LogP contribution in [0.4, 0.5) is 5.13 Å². The molecular formula is C18H22ClN3OS2. The van der Waals surface area contributed by atoms with Crippen LogP contribution in [0.25, 0.3) is 10.2 Å². The number of anilines is 1. The fourth-order valence-corrected chi connectivity index (χ4v) is 4.31. The molecule has 2 aromatic heterocycles. The number of carbonyl (C=O) groups excluding carboxylic acids is 1. The second kappa shape index (κ2) is 8.27. The van der Waals surface area contributed by atoms with Crippen molar-refractivity contribution in [3.05, 3.63) is 45.6 Å². The van der Waals surface area contributed by atoms with E-state index in [4.69, 9.17) is 4.98 Å². The summed E-state index contributed by atoms with van der Waals surface area (Å²) in [4.78, 5) is 22.3. The molecule has 0 aliphatic rings. The average Bonchev–Trinajstić information content (AvgIpc) is 3.16. The quantitative estimate of drug-likeness (QED) is 0.633. The lowest BCUT2D eigenvalue weighted by Gasteiger charge is -2.21. The molecule has 0 atom stereocenters. The third-order valence-electron chi connectivity index (χ3n) is 3.79. The Morgan fingerprint density at radius 2 is 1.96 bits per heavy atom. The fourth-order valence-electron chi connectivity index (χ4n) is 2.60. The molecule has 2 heterocycles. The molecule has 3 rings (SSSR count). The minimum absolute atomic E-state index is 0. The van der Waals surface area contributed by atoms with E-state index in [1.54, 1.807) is 11.3 Å². The minimum Gasteiger partial charge on any atom is -0.308 e. The predicted molar refractivity (Wildman–Crippen MR) is 111 cm³/mol. The molecule has 25 heavy (non-hydrogen) atoms. The van der Waals surface area contributed by atoms with Crippen LogP contribution in [0, 0.1) is 13.8 Å². The number of halogens is 1. The van der Waals surface area contributed by atoms with Gasteiger partial charge in [0.25, 0.3) is 5.91 Å². The van der Waals surface area contributed by atoms with Gasteiger partial charge < -0.3 is 4.90 Å². The molecule has 0 fully saturated rings. The van der Waals surface area contributed by atoms with Crippen LogP contribution in [0.2, 0.25) is 0 Å². The smallest absolute Gasteiger partial charge is 0.270 e. The minimum atomic E-state index is 0. The molecule has 0 saturated heterocycles. The molecule has 4 nitrogen and oxygen atoms in total. The molecule has 0 aliphatic heterocycles. The van der Waals surface area contributed by atoms with Crippen LogP contribution in [0.3, 0.4) is 0 Å². The van der Waals surface area contributed by atoms with Crippen LogP contribution in [0.5, 0.6) is 0 Å². The summed E-state index contributed by atoms with van der Waals surface area (Å²) in [6, 6.07) is 8.03. The number of rotatable bonds is 5. The Balaban J connectivity index is 0.00000225. The van der Waals surface area contributed by atoms with Crippen molar-refractivity contribution in [3.63, 3.8) is 0 Å². The van der Waals surface area contributed by atoms with Gasteiger partial charge in [-0.2, -0.15) is 0 Å². The van der Waals surface area contributed by atoms with Crippen molar-refractivity contribution in [3.8, 4) is 0 Å². The lowest BCUT2D eigenvalue weighted by atomic mass is 10.1. The first-order valence-electron chi connectivity index (χ1n) is 7.83. The summed E-state index contributed by atoms with van der Waals surface area (Å²) in [7, 11) is 4.03. The number of aryl methyl sites for hydroxylation is 2. The molecule has 0 N–H and O–H groups in total. The Morgan fingerprint density at radius 3 is 2.60 bits per heavy atom. The highest BCUT2D eigenvalue weighted by atomic mass is 35.5. The lowest BCUT2D eigenvalue weighted by molar-refractivity contribution is 0.0989. The highest BCUT2D eigenvalue weighted by Gasteiger charge is 2.22. The molecular weight excluding hydrogens is 374 g/mol. The van der Waals surface area contributed by atoms with E-state index >= 15 is 0 Å². The third kappa shape index (κ3) is 4.39. The monoisotopic (exact) mass is 395 g/mol. The Kier molecular flexibility index (Phi) is 6.57. The molecule has 0 saturated carbocycles. The topological polar surface area (TPSA) is 36.4 Å². The summed E-state index contributed by atoms with van der Waals surface area (Å²) in [6.07, 6.45) is 0. The number of aromatic nitrogens is 1. The van der Waals surface area contributed by atoms with Gasteiger partial charge in [0.15, 0.2) is 5.13 Å². The Labute approximate surface area is 162 Å². The first kappa shape index (κ1) is 19.8. The lowest BCUT2D eigenvalue weighted by Crippen LogP contribution is -2.36. The SMILES string of the molecule is Cc1cc(C)c2sc(N(CCN(C)C)C(=O)c3cccs3)nc2c1.Cl. The van der Waals surface area contributed by atoms with E-state index < -0.39 is 0 Å². The fraction of sp³-hybridized carbons (Fsp3) is 0.333. The summed E-state index contributed by atoms with van der Waals surface area (Å²) in [6.45, 7) is 5.60. The van der Waals surface area contributed by atoms with Crippen molar-refractivity contribution in [2.75, 3.05) is 32.1 Å². The van der Waals surface area contributed by atoms with Gasteiger partial charge >= 0.3 is 0 Å². The number of benzene rings is 1. The maximum Gasteiger partial charge on any atom is 0.270 e. The number of amides is 1. The van der Waals surface area contributed by atoms with Gasteiger partial charge in [-0.05, 0) is 56.6 Å². The van der Waals surface area contributed by atoms with E-state index in [-0.39, 0.29) is 18.3 Å². The van der Waals surface area contributed by atoms with Crippen LogP contribution in [0.1, 0.15) is 20.8 Å². The molecule has 134 valence electrons. The number of thiazole rings is 1. The standard InChI is InChI=1S/C18H21N3OS2.ClH/c1-12-10-13(2)16-14(11-12)19-18(24-16)21(8-7-20(3)4)17(22)15-6-5-9-23-15;/h5-6,9-11H,7-8H2,1-4H3;1H. The summed E-state index contributed by atoms with van der Waals surface area (Å²) in [5, 5.41) is 2.71. The molecule has 0 unspecified atom stereocenters. The van der Waals surface area contributed by atoms with Crippen LogP contribution in [0.15, 0.2) is 29.6 Å². The molecule has 1 amide bonds. The van der Waals surface area contributed by atoms with Crippen molar-refractivity contribution < 1.29 is 4.79 Å². The van der Waals surface area contributed by atoms with Gasteiger partial charge in [0, 0.05) is 13.1 Å². The zero-order valence-electron chi connectivity index (χ0n) is 14.8. The van der Waals surface area contributed by atoms with Crippen LogP contribution < -0.4 is 4.90 Å². The van der Waals surface area contributed by atoms with E-state index in [9.17, 15) is 4.79 Å². The second-order valence-corrected chi connectivity index (χ2v) is 8.09. The Morgan fingerprint density at radius 1 is 1.20 bits per heavy atom. The number of carbonyl (C=O) groups is 1. The number of hydrogen-bond acceptors (Lipinski definition) is 5. The first-order chi connectivity index (χ1) is 11.5. The summed E-state index contributed by atoms with van der Waals surface area (Å²) in [5.41, 5.74) is 3.38. The van der Waals surface area contributed by atoms with Gasteiger partial charge in [0.05, 0.1) is 15.1 Å². The van der Waals surface area contributed by atoms with E-state index in [0.29, 0.717) is 6.54 Å². The largest absolute Gasteiger partial charge is 0.308 e. The molecule has 0 bridgehead atoms. The van der Waals surface area contributed by atoms with Gasteiger partial charge in [-0.25, -0.2) is 4.98 Å². The summed E-state index contributed by atoms with van der Waals surface area (Å²) < 4.78 is 1.16. The molecule has 7 heteroatoms. The van der Waals surface area contributed by atoms with Crippen LogP contribution in [-0.2, 0) is 0 Å². The Bertz CT molecular complexity index is 859. The Hall–Kier alpha value is -1.47.